The highest BCUT2D eigenvalue weighted by Gasteiger charge is 2.46. The van der Waals surface area contributed by atoms with Crippen LogP contribution in [0.3, 0.4) is 0 Å². The third-order valence-electron chi connectivity index (χ3n) is 1.34. The molecule has 1 rings (SSSR count). The molecule has 16 heavy (non-hydrogen) atoms. The molecule has 0 saturated heterocycles. The van der Waals surface area contributed by atoms with E-state index in [0.717, 1.165) is 6.07 Å². The average molecular weight is 323 g/mol. The predicted octanol–water partition coefficient (Wildman–Crippen LogP) is 2.24. The highest BCUT2D eigenvalue weighted by molar-refractivity contribution is 9.10. The van der Waals surface area contributed by atoms with E-state index in [0.29, 0.717) is 6.20 Å². The zero-order valence-electron chi connectivity index (χ0n) is 7.22. The van der Waals surface area contributed by atoms with Crippen LogP contribution in [0.2, 0.25) is 0 Å². The zero-order chi connectivity index (χ0) is 12.6. The molecule has 0 bridgehead atoms. The maximum atomic E-state index is 12.5. The van der Waals surface area contributed by atoms with Crippen molar-refractivity contribution in [3.63, 3.8) is 0 Å². The second-order valence-electron chi connectivity index (χ2n) is 2.54. The molecule has 90 valence electrons. The minimum Gasteiger partial charge on any atom is -0.259 e. The average Bonchev–Trinajstić information content (AvgIpc) is 2.08. The molecular formula is C6H3BrF4N2O2S. The Morgan fingerprint density at radius 3 is 2.38 bits per heavy atom. The van der Waals surface area contributed by atoms with Gasteiger partial charge in [-0.1, -0.05) is 0 Å². The Morgan fingerprint density at radius 2 is 1.94 bits per heavy atom. The largest absolute Gasteiger partial charge is 0.516 e. The van der Waals surface area contributed by atoms with E-state index in [-0.39, 0.29) is 4.47 Å². The van der Waals surface area contributed by atoms with Crippen molar-refractivity contribution in [2.24, 2.45) is 0 Å². The van der Waals surface area contributed by atoms with Crippen molar-refractivity contribution in [2.75, 3.05) is 4.72 Å². The number of aromatic nitrogens is 1. The van der Waals surface area contributed by atoms with Crippen LogP contribution >= 0.6 is 15.9 Å². The number of nitrogens with one attached hydrogen (secondary N) is 1. The Labute approximate surface area is 95.9 Å². The second kappa shape index (κ2) is 4.17. The number of pyridine rings is 1. The van der Waals surface area contributed by atoms with E-state index in [1.165, 1.54) is 4.72 Å². The Kier molecular flexibility index (Phi) is 3.43. The summed E-state index contributed by atoms with van der Waals surface area (Å²) in [7, 11) is -5.55. The van der Waals surface area contributed by atoms with Gasteiger partial charge in [-0.05, 0) is 22.0 Å². The number of hydrogen-bond acceptors (Lipinski definition) is 3. The smallest absolute Gasteiger partial charge is 0.259 e. The molecule has 0 aromatic carbocycles. The van der Waals surface area contributed by atoms with Crippen LogP contribution in [-0.2, 0) is 10.0 Å². The van der Waals surface area contributed by atoms with Crippen LogP contribution in [-0.4, -0.2) is 18.9 Å². The van der Waals surface area contributed by atoms with Crippen LogP contribution in [0.25, 0.3) is 0 Å². The van der Waals surface area contributed by atoms with E-state index in [2.05, 4.69) is 20.9 Å². The summed E-state index contributed by atoms with van der Waals surface area (Å²) in [6.07, 6.45) is 0.582. The van der Waals surface area contributed by atoms with Crippen molar-refractivity contribution < 1.29 is 26.0 Å². The predicted molar refractivity (Wildman–Crippen MR) is 50.5 cm³/mol. The Hall–Kier alpha value is -0.900. The van der Waals surface area contributed by atoms with Gasteiger partial charge in [-0.3, -0.25) is 4.72 Å². The summed E-state index contributed by atoms with van der Waals surface area (Å²) in [4.78, 5) is 3.16. The number of alkyl halides is 3. The maximum absolute atomic E-state index is 12.5. The molecule has 1 heterocycles. The highest BCUT2D eigenvalue weighted by atomic mass is 79.9. The molecule has 0 spiro atoms. The van der Waals surface area contributed by atoms with Gasteiger partial charge in [0.1, 0.15) is 5.82 Å². The minimum atomic E-state index is -5.55. The van der Waals surface area contributed by atoms with Crippen LogP contribution in [0, 0.1) is 5.82 Å². The van der Waals surface area contributed by atoms with Crippen molar-refractivity contribution in [3.8, 4) is 0 Å². The molecule has 1 N–H and O–H groups in total. The molecule has 1 aromatic heterocycles. The van der Waals surface area contributed by atoms with Crippen LogP contribution in [0.1, 0.15) is 0 Å². The van der Waals surface area contributed by atoms with Gasteiger partial charge in [0.05, 0.1) is 10.7 Å². The van der Waals surface area contributed by atoms with E-state index in [9.17, 15) is 26.0 Å². The van der Waals surface area contributed by atoms with Crippen LogP contribution in [0.4, 0.5) is 23.4 Å². The Balaban J connectivity index is 3.07. The summed E-state index contributed by atoms with van der Waals surface area (Å²) >= 11 is 2.67. The third-order valence-corrected chi connectivity index (χ3v) is 3.02. The molecule has 0 amide bonds. The van der Waals surface area contributed by atoms with Crippen LogP contribution in [0.5, 0.6) is 0 Å². The van der Waals surface area contributed by atoms with Gasteiger partial charge >= 0.3 is 15.5 Å². The lowest BCUT2D eigenvalue weighted by atomic mass is 10.4. The molecule has 0 aliphatic heterocycles. The Morgan fingerprint density at radius 1 is 1.38 bits per heavy atom. The van der Waals surface area contributed by atoms with E-state index in [1.54, 1.807) is 0 Å². The lowest BCUT2D eigenvalue weighted by Gasteiger charge is -2.10. The van der Waals surface area contributed by atoms with Gasteiger partial charge < -0.3 is 0 Å². The number of nitrogens with zero attached hydrogens (tertiary/aromatic N) is 1. The normalized spacial score (nSPS) is 12.6. The summed E-state index contributed by atoms with van der Waals surface area (Å²) in [6.45, 7) is 0. The molecule has 4 nitrogen and oxygen atoms in total. The fourth-order valence-corrected chi connectivity index (χ4v) is 1.76. The molecule has 0 saturated carbocycles. The molecule has 10 heteroatoms. The molecule has 0 aliphatic carbocycles. The molecule has 0 atom stereocenters. The fourth-order valence-electron chi connectivity index (χ4n) is 0.675. The molecule has 0 unspecified atom stereocenters. The van der Waals surface area contributed by atoms with Crippen LogP contribution in [0.15, 0.2) is 16.7 Å². The lowest BCUT2D eigenvalue weighted by molar-refractivity contribution is -0.0429. The van der Waals surface area contributed by atoms with Gasteiger partial charge in [0.25, 0.3) is 0 Å². The first-order chi connectivity index (χ1) is 7.13. The lowest BCUT2D eigenvalue weighted by Crippen LogP contribution is -2.30. The van der Waals surface area contributed by atoms with Crippen molar-refractivity contribution in [1.29, 1.82) is 0 Å². The first-order valence-corrected chi connectivity index (χ1v) is 5.81. The van der Waals surface area contributed by atoms with Gasteiger partial charge in [-0.2, -0.15) is 21.6 Å². The SMILES string of the molecule is O=S(=O)(Nc1ncc(F)cc1Br)C(F)(F)F. The second-order valence-corrected chi connectivity index (χ2v) is 5.06. The summed E-state index contributed by atoms with van der Waals surface area (Å²) < 4.78 is 70.7. The zero-order valence-corrected chi connectivity index (χ0v) is 9.62. The highest BCUT2D eigenvalue weighted by Crippen LogP contribution is 2.28. The maximum Gasteiger partial charge on any atom is 0.516 e. The number of halogens is 5. The first-order valence-electron chi connectivity index (χ1n) is 3.53. The van der Waals surface area contributed by atoms with E-state index >= 15 is 0 Å². The van der Waals surface area contributed by atoms with Crippen molar-refractivity contribution in [2.45, 2.75) is 5.51 Å². The minimum absolute atomic E-state index is 0.236. The van der Waals surface area contributed by atoms with E-state index < -0.39 is 27.2 Å². The summed E-state index contributed by atoms with van der Waals surface area (Å²) in [5.41, 5.74) is -5.46. The monoisotopic (exact) mass is 322 g/mol. The van der Waals surface area contributed by atoms with Gasteiger partial charge in [-0.25, -0.2) is 9.37 Å². The quantitative estimate of drug-likeness (QED) is 0.849. The Bertz CT molecular complexity index is 502. The molecule has 0 fully saturated rings. The van der Waals surface area contributed by atoms with E-state index in [1.807, 2.05) is 0 Å². The number of anilines is 1. The van der Waals surface area contributed by atoms with Crippen molar-refractivity contribution >= 4 is 31.8 Å². The summed E-state index contributed by atoms with van der Waals surface area (Å²) in [5, 5.41) is 0. The fraction of sp³-hybridized carbons (Fsp3) is 0.167. The van der Waals surface area contributed by atoms with Crippen molar-refractivity contribution in [1.82, 2.24) is 4.98 Å². The molecular weight excluding hydrogens is 320 g/mol. The number of sulfonamides is 1. The van der Waals surface area contributed by atoms with Crippen LogP contribution < -0.4 is 4.72 Å². The molecule has 0 radical (unpaired) electrons. The van der Waals surface area contributed by atoms with Gasteiger partial charge in [0, 0.05) is 0 Å². The van der Waals surface area contributed by atoms with Gasteiger partial charge in [0.15, 0.2) is 5.82 Å². The summed E-state index contributed by atoms with van der Waals surface area (Å²) in [5.74, 6) is -1.46. The number of hydrogen-bond donors (Lipinski definition) is 1. The third kappa shape index (κ3) is 2.82. The van der Waals surface area contributed by atoms with Gasteiger partial charge in [-0.15, -0.1) is 0 Å². The van der Waals surface area contributed by atoms with Crippen molar-refractivity contribution in [3.05, 3.63) is 22.6 Å². The first kappa shape index (κ1) is 13.2. The standard InChI is InChI=1S/C6H3BrF4N2O2S/c7-4-1-3(8)2-12-5(4)13-16(14,15)6(9,10)11/h1-2H,(H,12,13). The van der Waals surface area contributed by atoms with E-state index in [4.69, 9.17) is 0 Å². The molecule has 0 aliphatic rings. The summed E-state index contributed by atoms with van der Waals surface area (Å²) in [6, 6.07) is 0.779. The topological polar surface area (TPSA) is 59.1 Å². The molecule has 1 aromatic rings. The number of rotatable bonds is 2. The van der Waals surface area contributed by atoms with Gasteiger partial charge in [0.2, 0.25) is 0 Å².